The molecule has 4 nitrogen and oxygen atoms in total. The normalized spacial score (nSPS) is 11.8. The Labute approximate surface area is 279 Å². The van der Waals surface area contributed by atoms with Gasteiger partial charge in [0.15, 0.2) is 17.5 Å². The molecule has 0 bridgehead atoms. The Kier molecular flexibility index (Phi) is 6.83. The molecule has 4 heteroatoms. The van der Waals surface area contributed by atoms with Crippen LogP contribution in [0, 0.1) is 0 Å². The van der Waals surface area contributed by atoms with E-state index < -0.39 is 0 Å². The molecule has 2 heterocycles. The summed E-state index contributed by atoms with van der Waals surface area (Å²) in [5.74, 6) is 2.82. The summed E-state index contributed by atoms with van der Waals surface area (Å²) in [5.41, 5.74) is 10.9. The van der Waals surface area contributed by atoms with Crippen LogP contribution in [0.5, 0.6) is 5.75 Å². The lowest BCUT2D eigenvalue weighted by Crippen LogP contribution is -2.06. The summed E-state index contributed by atoms with van der Waals surface area (Å²) < 4.78 is 6.24. The van der Waals surface area contributed by atoms with Gasteiger partial charge >= 0.3 is 0 Å². The monoisotopic (exact) mass is 615 g/mol. The molecule has 0 spiro atoms. The largest absolute Gasteiger partial charge is 0.488 e. The van der Waals surface area contributed by atoms with Gasteiger partial charge in [-0.1, -0.05) is 146 Å². The first-order chi connectivity index (χ1) is 23.8. The van der Waals surface area contributed by atoms with Crippen molar-refractivity contribution < 1.29 is 4.74 Å². The van der Waals surface area contributed by atoms with Gasteiger partial charge in [0.2, 0.25) is 0 Å². The first kappa shape index (κ1) is 27.9. The van der Waals surface area contributed by atoms with E-state index in [2.05, 4.69) is 127 Å². The van der Waals surface area contributed by atoms with Crippen LogP contribution in [-0.4, -0.2) is 15.0 Å². The third-order valence-electron chi connectivity index (χ3n) is 9.05. The average Bonchev–Trinajstić information content (AvgIpc) is 3.17. The van der Waals surface area contributed by atoms with Crippen molar-refractivity contribution in [1.29, 1.82) is 0 Å². The summed E-state index contributed by atoms with van der Waals surface area (Å²) in [4.78, 5) is 15.2. The second kappa shape index (κ2) is 11.8. The lowest BCUT2D eigenvalue weighted by Gasteiger charge is -2.24. The molecule has 0 saturated heterocycles. The molecule has 226 valence electrons. The predicted octanol–water partition coefficient (Wildman–Crippen LogP) is 10.9. The van der Waals surface area contributed by atoms with E-state index >= 15 is 0 Å². The SMILES string of the molecule is c1ccc(-c2cccc(-c3nc(-c4ccccc4)nc(-c4ccc(-c5cccc6c5-c5ccccc5CO6)c5ccccc45)n3)c2)cc1. The minimum absolute atomic E-state index is 0.575. The van der Waals surface area contributed by atoms with Crippen LogP contribution in [0.2, 0.25) is 0 Å². The molecule has 0 atom stereocenters. The van der Waals surface area contributed by atoms with Crippen molar-refractivity contribution in [3.8, 4) is 73.3 Å². The number of ether oxygens (including phenoxy) is 1. The van der Waals surface area contributed by atoms with Crippen LogP contribution >= 0.6 is 0 Å². The van der Waals surface area contributed by atoms with Crippen molar-refractivity contribution in [2.75, 3.05) is 0 Å². The van der Waals surface area contributed by atoms with Crippen molar-refractivity contribution in [2.24, 2.45) is 0 Å². The lowest BCUT2D eigenvalue weighted by atomic mass is 9.87. The van der Waals surface area contributed by atoms with E-state index in [1.165, 1.54) is 11.1 Å². The number of rotatable bonds is 5. The maximum atomic E-state index is 6.24. The van der Waals surface area contributed by atoms with Crippen molar-refractivity contribution in [3.63, 3.8) is 0 Å². The molecular formula is C44H29N3O. The van der Waals surface area contributed by atoms with Gasteiger partial charge in [-0.2, -0.15) is 0 Å². The maximum Gasteiger partial charge on any atom is 0.164 e. The maximum absolute atomic E-state index is 6.24. The standard InChI is InChI=1S/C44H29N3O/c1-3-13-29(14-4-1)31-18-11-19-32(27-31)43-45-42(30-15-5-2-6-16-30)46-44(47-43)39-26-25-37(35-21-9-10-22-36(35)39)38-23-12-24-40-41(38)34-20-8-7-17-33(34)28-48-40/h1-27H,28H2. The van der Waals surface area contributed by atoms with E-state index in [1.54, 1.807) is 0 Å². The van der Waals surface area contributed by atoms with E-state index in [1.807, 2.05) is 36.4 Å². The second-order valence-electron chi connectivity index (χ2n) is 11.9. The van der Waals surface area contributed by atoms with Gasteiger partial charge in [-0.3, -0.25) is 0 Å². The number of aromatic nitrogens is 3. The number of hydrogen-bond acceptors (Lipinski definition) is 4. The van der Waals surface area contributed by atoms with Crippen molar-refractivity contribution in [3.05, 3.63) is 169 Å². The van der Waals surface area contributed by atoms with Gasteiger partial charge in [0, 0.05) is 22.3 Å². The van der Waals surface area contributed by atoms with Gasteiger partial charge in [-0.15, -0.1) is 0 Å². The third-order valence-corrected chi connectivity index (χ3v) is 9.05. The van der Waals surface area contributed by atoms with Crippen LogP contribution in [0.15, 0.2) is 164 Å². The summed E-state index contributed by atoms with van der Waals surface area (Å²) >= 11 is 0. The Morgan fingerprint density at radius 3 is 1.75 bits per heavy atom. The summed E-state index contributed by atoms with van der Waals surface area (Å²) in [6.07, 6.45) is 0. The third kappa shape index (κ3) is 4.91. The lowest BCUT2D eigenvalue weighted by molar-refractivity contribution is 0.302. The highest BCUT2D eigenvalue weighted by molar-refractivity contribution is 6.07. The molecule has 0 saturated carbocycles. The Bertz CT molecular complexity index is 2460. The molecule has 9 rings (SSSR count). The molecule has 0 amide bonds. The molecule has 0 N–H and O–H groups in total. The highest BCUT2D eigenvalue weighted by Gasteiger charge is 2.23. The molecule has 0 radical (unpaired) electrons. The number of fused-ring (bicyclic) bond motifs is 4. The Hall–Kier alpha value is -6.39. The quantitative estimate of drug-likeness (QED) is 0.193. The van der Waals surface area contributed by atoms with Gasteiger partial charge in [0.05, 0.1) is 0 Å². The molecule has 0 aliphatic carbocycles. The first-order valence-electron chi connectivity index (χ1n) is 16.1. The Balaban J connectivity index is 1.24. The number of hydrogen-bond donors (Lipinski definition) is 0. The summed E-state index contributed by atoms with van der Waals surface area (Å²) in [6.45, 7) is 0.575. The first-order valence-corrected chi connectivity index (χ1v) is 16.1. The smallest absolute Gasteiger partial charge is 0.164 e. The average molecular weight is 616 g/mol. The Morgan fingerprint density at radius 1 is 0.375 bits per heavy atom. The Morgan fingerprint density at radius 2 is 0.938 bits per heavy atom. The van der Waals surface area contributed by atoms with E-state index in [4.69, 9.17) is 19.7 Å². The fourth-order valence-corrected chi connectivity index (χ4v) is 6.74. The summed E-state index contributed by atoms with van der Waals surface area (Å²) in [7, 11) is 0. The molecule has 0 unspecified atom stereocenters. The predicted molar refractivity (Wildman–Crippen MR) is 194 cm³/mol. The van der Waals surface area contributed by atoms with Gasteiger partial charge in [0.25, 0.3) is 0 Å². The molecule has 0 fully saturated rings. The van der Waals surface area contributed by atoms with Gasteiger partial charge in [0.1, 0.15) is 12.4 Å². The topological polar surface area (TPSA) is 47.9 Å². The van der Waals surface area contributed by atoms with Gasteiger partial charge in [-0.25, -0.2) is 15.0 Å². The molecule has 8 aromatic rings. The van der Waals surface area contributed by atoms with Gasteiger partial charge in [-0.05, 0) is 62.4 Å². The fourth-order valence-electron chi connectivity index (χ4n) is 6.74. The van der Waals surface area contributed by atoms with Crippen molar-refractivity contribution in [1.82, 2.24) is 15.0 Å². The van der Waals surface area contributed by atoms with E-state index in [9.17, 15) is 0 Å². The van der Waals surface area contributed by atoms with Gasteiger partial charge < -0.3 is 4.74 Å². The molecular weight excluding hydrogens is 587 g/mol. The molecule has 1 aromatic heterocycles. The molecule has 1 aliphatic heterocycles. The molecule has 1 aliphatic rings. The van der Waals surface area contributed by atoms with Crippen LogP contribution in [0.25, 0.3) is 78.3 Å². The van der Waals surface area contributed by atoms with Crippen molar-refractivity contribution in [2.45, 2.75) is 6.61 Å². The highest BCUT2D eigenvalue weighted by Crippen LogP contribution is 2.46. The molecule has 48 heavy (non-hydrogen) atoms. The zero-order chi connectivity index (χ0) is 31.9. The minimum Gasteiger partial charge on any atom is -0.488 e. The van der Waals surface area contributed by atoms with E-state index in [0.717, 1.165) is 61.0 Å². The molecule has 7 aromatic carbocycles. The van der Waals surface area contributed by atoms with Crippen LogP contribution in [-0.2, 0) is 6.61 Å². The zero-order valence-corrected chi connectivity index (χ0v) is 26.0. The van der Waals surface area contributed by atoms with E-state index in [-0.39, 0.29) is 0 Å². The highest BCUT2D eigenvalue weighted by atomic mass is 16.5. The summed E-state index contributed by atoms with van der Waals surface area (Å²) in [6, 6.07) is 56.7. The van der Waals surface area contributed by atoms with Crippen LogP contribution in [0.3, 0.4) is 0 Å². The van der Waals surface area contributed by atoms with Crippen LogP contribution < -0.4 is 4.74 Å². The fraction of sp³-hybridized carbons (Fsp3) is 0.0227. The van der Waals surface area contributed by atoms with E-state index in [0.29, 0.717) is 24.1 Å². The number of benzene rings is 7. The zero-order valence-electron chi connectivity index (χ0n) is 26.0. The second-order valence-corrected chi connectivity index (χ2v) is 11.9. The summed E-state index contributed by atoms with van der Waals surface area (Å²) in [5, 5.41) is 2.20. The van der Waals surface area contributed by atoms with Crippen LogP contribution in [0.4, 0.5) is 0 Å². The minimum atomic E-state index is 0.575. The number of nitrogens with zero attached hydrogens (tertiary/aromatic N) is 3. The van der Waals surface area contributed by atoms with Crippen LogP contribution in [0.1, 0.15) is 5.56 Å². The van der Waals surface area contributed by atoms with Crippen molar-refractivity contribution >= 4 is 10.8 Å².